The lowest BCUT2D eigenvalue weighted by atomic mass is 10.0. The summed E-state index contributed by atoms with van der Waals surface area (Å²) < 4.78 is 0. The Bertz CT molecular complexity index is 575. The van der Waals surface area contributed by atoms with Gasteiger partial charge in [-0.05, 0) is 34.7 Å². The van der Waals surface area contributed by atoms with Crippen LogP contribution in [0.5, 0.6) is 0 Å². The molecular formula is C16H18N2. The summed E-state index contributed by atoms with van der Waals surface area (Å²) in [4.78, 5) is 0. The minimum atomic E-state index is 0.0280. The topological polar surface area (TPSA) is 38.0 Å². The minimum Gasteiger partial charge on any atom is -0.370 e. The molecule has 0 fully saturated rings. The molecule has 1 aliphatic carbocycles. The quantitative estimate of drug-likeness (QED) is 0.687. The van der Waals surface area contributed by atoms with Gasteiger partial charge in [-0.1, -0.05) is 43.3 Å². The van der Waals surface area contributed by atoms with Crippen LogP contribution >= 0.6 is 0 Å². The standard InChI is InChI=1S/C16H18N2/c1-2-16(17)18-15-9-5-8-13-12-7-4-3-6-11(12)10-14(13)15/h3-9,16,18H,2,10,17H2,1H3. The molecule has 0 spiro atoms. The summed E-state index contributed by atoms with van der Waals surface area (Å²) in [5.41, 5.74) is 12.7. The second kappa shape index (κ2) is 4.46. The fourth-order valence-electron chi connectivity index (χ4n) is 2.59. The Hall–Kier alpha value is -1.80. The van der Waals surface area contributed by atoms with Gasteiger partial charge in [0.25, 0.3) is 0 Å². The van der Waals surface area contributed by atoms with E-state index in [1.54, 1.807) is 0 Å². The van der Waals surface area contributed by atoms with E-state index in [0.717, 1.165) is 12.8 Å². The number of anilines is 1. The van der Waals surface area contributed by atoms with Crippen molar-refractivity contribution >= 4 is 5.69 Å². The Kier molecular flexibility index (Phi) is 2.80. The summed E-state index contributed by atoms with van der Waals surface area (Å²) in [6.45, 7) is 2.09. The van der Waals surface area contributed by atoms with E-state index in [0.29, 0.717) is 0 Å². The molecule has 0 amide bonds. The van der Waals surface area contributed by atoms with Crippen molar-refractivity contribution in [1.29, 1.82) is 0 Å². The van der Waals surface area contributed by atoms with E-state index in [2.05, 4.69) is 54.7 Å². The Morgan fingerprint density at radius 3 is 2.72 bits per heavy atom. The van der Waals surface area contributed by atoms with E-state index >= 15 is 0 Å². The summed E-state index contributed by atoms with van der Waals surface area (Å²) in [5.74, 6) is 0. The zero-order chi connectivity index (χ0) is 12.5. The van der Waals surface area contributed by atoms with Crippen LogP contribution in [0.4, 0.5) is 5.69 Å². The van der Waals surface area contributed by atoms with E-state index in [1.807, 2.05) is 0 Å². The molecule has 2 aromatic rings. The SMILES string of the molecule is CCC(N)Nc1cccc2c1Cc1ccccc1-2. The van der Waals surface area contributed by atoms with E-state index in [4.69, 9.17) is 5.73 Å². The molecule has 0 saturated heterocycles. The lowest BCUT2D eigenvalue weighted by Gasteiger charge is -2.16. The average molecular weight is 238 g/mol. The van der Waals surface area contributed by atoms with Gasteiger partial charge in [0.15, 0.2) is 0 Å². The smallest absolute Gasteiger partial charge is 0.0740 e. The lowest BCUT2D eigenvalue weighted by molar-refractivity contribution is 0.729. The largest absolute Gasteiger partial charge is 0.370 e. The van der Waals surface area contributed by atoms with Crippen LogP contribution in [0.25, 0.3) is 11.1 Å². The molecule has 2 aromatic carbocycles. The molecule has 0 aromatic heterocycles. The Balaban J connectivity index is 2.03. The average Bonchev–Trinajstić information content (AvgIpc) is 2.78. The van der Waals surface area contributed by atoms with Gasteiger partial charge in [0, 0.05) is 12.1 Å². The molecule has 3 rings (SSSR count). The van der Waals surface area contributed by atoms with Crippen LogP contribution in [0.1, 0.15) is 24.5 Å². The van der Waals surface area contributed by atoms with Gasteiger partial charge in [-0.25, -0.2) is 0 Å². The van der Waals surface area contributed by atoms with Crippen molar-refractivity contribution in [3.8, 4) is 11.1 Å². The van der Waals surface area contributed by atoms with Gasteiger partial charge in [-0.2, -0.15) is 0 Å². The zero-order valence-corrected chi connectivity index (χ0v) is 10.6. The number of nitrogens with one attached hydrogen (secondary N) is 1. The maximum absolute atomic E-state index is 5.99. The third-order valence-corrected chi connectivity index (χ3v) is 3.63. The molecule has 3 N–H and O–H groups in total. The third-order valence-electron chi connectivity index (χ3n) is 3.63. The van der Waals surface area contributed by atoms with Crippen molar-refractivity contribution in [2.24, 2.45) is 5.73 Å². The van der Waals surface area contributed by atoms with E-state index in [9.17, 15) is 0 Å². The molecule has 92 valence electrons. The second-order valence-corrected chi connectivity index (χ2v) is 4.82. The molecule has 2 nitrogen and oxygen atoms in total. The Labute approximate surface area is 108 Å². The number of benzene rings is 2. The van der Waals surface area contributed by atoms with Crippen LogP contribution in [0, 0.1) is 0 Å². The molecule has 1 atom stereocenters. The highest BCUT2D eigenvalue weighted by Crippen LogP contribution is 2.39. The van der Waals surface area contributed by atoms with Gasteiger partial charge < -0.3 is 11.1 Å². The molecule has 0 bridgehead atoms. The van der Waals surface area contributed by atoms with Crippen LogP contribution in [0.2, 0.25) is 0 Å². The van der Waals surface area contributed by atoms with E-state index in [-0.39, 0.29) is 6.17 Å². The molecule has 18 heavy (non-hydrogen) atoms. The fourth-order valence-corrected chi connectivity index (χ4v) is 2.59. The second-order valence-electron chi connectivity index (χ2n) is 4.82. The molecule has 0 radical (unpaired) electrons. The van der Waals surface area contributed by atoms with Gasteiger partial charge in [0.2, 0.25) is 0 Å². The van der Waals surface area contributed by atoms with Gasteiger partial charge >= 0.3 is 0 Å². The molecule has 0 heterocycles. The van der Waals surface area contributed by atoms with Crippen molar-refractivity contribution in [3.05, 3.63) is 53.6 Å². The van der Waals surface area contributed by atoms with Gasteiger partial charge in [0.05, 0.1) is 6.17 Å². The number of fused-ring (bicyclic) bond motifs is 3. The van der Waals surface area contributed by atoms with Crippen LogP contribution in [0.15, 0.2) is 42.5 Å². The van der Waals surface area contributed by atoms with Gasteiger partial charge in [0.1, 0.15) is 0 Å². The highest BCUT2D eigenvalue weighted by atomic mass is 15.0. The van der Waals surface area contributed by atoms with E-state index in [1.165, 1.54) is 27.9 Å². The maximum Gasteiger partial charge on any atom is 0.0740 e. The first-order valence-electron chi connectivity index (χ1n) is 6.52. The highest BCUT2D eigenvalue weighted by Gasteiger charge is 2.20. The van der Waals surface area contributed by atoms with Crippen molar-refractivity contribution in [2.45, 2.75) is 25.9 Å². The summed E-state index contributed by atoms with van der Waals surface area (Å²) in [5, 5.41) is 3.40. The summed E-state index contributed by atoms with van der Waals surface area (Å²) in [6.07, 6.45) is 1.96. The van der Waals surface area contributed by atoms with Crippen molar-refractivity contribution in [2.75, 3.05) is 5.32 Å². The highest BCUT2D eigenvalue weighted by molar-refractivity contribution is 5.81. The first-order valence-corrected chi connectivity index (χ1v) is 6.52. The van der Waals surface area contributed by atoms with Crippen LogP contribution in [-0.4, -0.2) is 6.17 Å². The molecule has 1 aliphatic rings. The first kappa shape index (κ1) is 11.3. The van der Waals surface area contributed by atoms with Crippen molar-refractivity contribution < 1.29 is 0 Å². The molecule has 1 unspecified atom stereocenters. The minimum absolute atomic E-state index is 0.0280. The summed E-state index contributed by atoms with van der Waals surface area (Å²) >= 11 is 0. The number of nitrogens with two attached hydrogens (primary N) is 1. The third kappa shape index (κ3) is 1.79. The monoisotopic (exact) mass is 238 g/mol. The Morgan fingerprint density at radius 2 is 1.89 bits per heavy atom. The van der Waals surface area contributed by atoms with E-state index < -0.39 is 0 Å². The first-order chi connectivity index (χ1) is 8.79. The number of rotatable bonds is 3. The summed E-state index contributed by atoms with van der Waals surface area (Å²) in [6, 6.07) is 15.0. The number of hydrogen-bond acceptors (Lipinski definition) is 2. The predicted molar refractivity (Wildman–Crippen MR) is 76.6 cm³/mol. The summed E-state index contributed by atoms with van der Waals surface area (Å²) in [7, 11) is 0. The molecule has 2 heteroatoms. The van der Waals surface area contributed by atoms with Gasteiger partial charge in [-0.15, -0.1) is 0 Å². The molecule has 0 saturated carbocycles. The molecule has 0 aliphatic heterocycles. The van der Waals surface area contributed by atoms with Crippen molar-refractivity contribution in [1.82, 2.24) is 0 Å². The van der Waals surface area contributed by atoms with Crippen molar-refractivity contribution in [3.63, 3.8) is 0 Å². The van der Waals surface area contributed by atoms with Crippen LogP contribution in [0.3, 0.4) is 0 Å². The zero-order valence-electron chi connectivity index (χ0n) is 10.6. The normalized spacial score (nSPS) is 13.9. The Morgan fingerprint density at radius 1 is 1.11 bits per heavy atom. The number of hydrogen-bond donors (Lipinski definition) is 2. The molecular weight excluding hydrogens is 220 g/mol. The van der Waals surface area contributed by atoms with Gasteiger partial charge in [-0.3, -0.25) is 0 Å². The fraction of sp³-hybridized carbons (Fsp3) is 0.250. The van der Waals surface area contributed by atoms with Crippen LogP contribution in [-0.2, 0) is 6.42 Å². The lowest BCUT2D eigenvalue weighted by Crippen LogP contribution is -2.28. The predicted octanol–water partition coefficient (Wildman–Crippen LogP) is 3.36. The maximum atomic E-state index is 5.99. The van der Waals surface area contributed by atoms with Crippen LogP contribution < -0.4 is 11.1 Å².